The minimum Gasteiger partial charge on any atom is -0.472 e. The molecule has 1 aromatic carbocycles. The zero-order valence-electron chi connectivity index (χ0n) is 10.1. The lowest BCUT2D eigenvalue weighted by Crippen LogP contribution is -1.98. The molecule has 0 radical (unpaired) electrons. The fraction of sp³-hybridized carbons (Fsp3) is 0. The Balaban J connectivity index is 1.80. The molecule has 4 nitrogen and oxygen atoms in total. The number of halogens is 1. The number of thiophene rings is 1. The molecule has 3 aromatic rings. The summed E-state index contributed by atoms with van der Waals surface area (Å²) in [6.45, 7) is 0. The summed E-state index contributed by atoms with van der Waals surface area (Å²) in [6, 6.07) is 9.22. The molecule has 0 unspecified atom stereocenters. The minimum atomic E-state index is -0.573. The van der Waals surface area contributed by atoms with Gasteiger partial charge in [0.2, 0.25) is 0 Å². The van der Waals surface area contributed by atoms with Gasteiger partial charge in [-0.1, -0.05) is 35.0 Å². The van der Waals surface area contributed by atoms with Gasteiger partial charge in [-0.2, -0.15) is 0 Å². The van der Waals surface area contributed by atoms with Crippen molar-refractivity contribution in [3.05, 3.63) is 58.3 Å². The van der Waals surface area contributed by atoms with Gasteiger partial charge in [0.05, 0.1) is 23.8 Å². The first-order valence-corrected chi connectivity index (χ1v) is 6.89. The molecule has 0 aliphatic heterocycles. The number of hydrogen-bond acceptors (Lipinski definition) is 5. The fourth-order valence-electron chi connectivity index (χ4n) is 1.67. The highest BCUT2D eigenvalue weighted by molar-refractivity contribution is 7.21. The Kier molecular flexibility index (Phi) is 3.54. The molecule has 0 aliphatic carbocycles. The summed E-state index contributed by atoms with van der Waals surface area (Å²) in [5, 5.41) is 4.85. The molecule has 0 N–H and O–H groups in total. The normalized spacial score (nSPS) is 11.2. The summed E-state index contributed by atoms with van der Waals surface area (Å²) in [6.07, 6.45) is 4.39. The van der Waals surface area contributed by atoms with Crippen LogP contribution in [0.25, 0.3) is 10.1 Å². The summed E-state index contributed by atoms with van der Waals surface area (Å²) in [5.41, 5.74) is 0.709. The first kappa shape index (κ1) is 12.9. The first-order valence-electron chi connectivity index (χ1n) is 5.69. The lowest BCUT2D eigenvalue weighted by atomic mass is 10.2. The van der Waals surface area contributed by atoms with Gasteiger partial charge in [0.15, 0.2) is 0 Å². The van der Waals surface area contributed by atoms with Crippen molar-refractivity contribution in [1.82, 2.24) is 0 Å². The van der Waals surface area contributed by atoms with Crippen LogP contribution in [0.5, 0.6) is 0 Å². The molecule has 0 atom stereocenters. The van der Waals surface area contributed by atoms with Crippen LogP contribution >= 0.6 is 22.9 Å². The molecule has 100 valence electrons. The summed E-state index contributed by atoms with van der Waals surface area (Å²) in [7, 11) is 0. The fourth-order valence-corrected chi connectivity index (χ4v) is 3.05. The van der Waals surface area contributed by atoms with E-state index in [0.29, 0.717) is 15.5 Å². The first-order chi connectivity index (χ1) is 9.75. The Morgan fingerprint density at radius 2 is 2.20 bits per heavy atom. The standard InChI is InChI=1S/C14H8ClNO3S/c15-12-10-3-1-2-4-11(10)20-13(12)14(17)19-16-7-9-5-6-18-8-9/h1-8H. The summed E-state index contributed by atoms with van der Waals surface area (Å²) in [4.78, 5) is 17.1. The maximum atomic E-state index is 11.9. The minimum absolute atomic E-state index is 0.345. The second-order valence-electron chi connectivity index (χ2n) is 3.91. The number of hydrogen-bond donors (Lipinski definition) is 0. The average Bonchev–Trinajstić information content (AvgIpc) is 3.08. The van der Waals surface area contributed by atoms with Crippen LogP contribution < -0.4 is 0 Å². The maximum absolute atomic E-state index is 11.9. The van der Waals surface area contributed by atoms with Gasteiger partial charge in [-0.3, -0.25) is 0 Å². The smallest absolute Gasteiger partial charge is 0.377 e. The van der Waals surface area contributed by atoms with Crippen LogP contribution in [0.1, 0.15) is 15.2 Å². The van der Waals surface area contributed by atoms with E-state index in [0.717, 1.165) is 10.1 Å². The number of carbonyl (C=O) groups is 1. The van der Waals surface area contributed by atoms with E-state index in [9.17, 15) is 4.79 Å². The monoisotopic (exact) mass is 305 g/mol. The second-order valence-corrected chi connectivity index (χ2v) is 5.34. The Morgan fingerprint density at radius 1 is 1.35 bits per heavy atom. The van der Waals surface area contributed by atoms with Gasteiger partial charge in [0, 0.05) is 15.6 Å². The third-order valence-corrected chi connectivity index (χ3v) is 4.26. The van der Waals surface area contributed by atoms with Gasteiger partial charge >= 0.3 is 5.97 Å². The van der Waals surface area contributed by atoms with E-state index in [1.54, 1.807) is 6.07 Å². The maximum Gasteiger partial charge on any atom is 0.377 e. The van der Waals surface area contributed by atoms with Crippen molar-refractivity contribution in [3.8, 4) is 0 Å². The van der Waals surface area contributed by atoms with Gasteiger partial charge in [-0.15, -0.1) is 11.3 Å². The summed E-state index contributed by atoms with van der Waals surface area (Å²) in [5.74, 6) is -0.573. The quantitative estimate of drug-likeness (QED) is 0.411. The van der Waals surface area contributed by atoms with Crippen molar-refractivity contribution in [2.45, 2.75) is 0 Å². The van der Waals surface area contributed by atoms with Crippen LogP contribution in [0.2, 0.25) is 5.02 Å². The predicted octanol–water partition coefficient (Wildman–Crippen LogP) is 4.34. The molecule has 20 heavy (non-hydrogen) atoms. The largest absolute Gasteiger partial charge is 0.472 e. The topological polar surface area (TPSA) is 51.8 Å². The van der Waals surface area contributed by atoms with E-state index in [4.69, 9.17) is 20.9 Å². The SMILES string of the molecule is O=C(ON=Cc1ccoc1)c1sc2ccccc2c1Cl. The molecule has 0 bridgehead atoms. The van der Waals surface area contributed by atoms with E-state index in [1.807, 2.05) is 24.3 Å². The van der Waals surface area contributed by atoms with Crippen LogP contribution in [-0.4, -0.2) is 12.2 Å². The van der Waals surface area contributed by atoms with Crippen molar-refractivity contribution in [3.63, 3.8) is 0 Å². The van der Waals surface area contributed by atoms with Crippen LogP contribution in [-0.2, 0) is 4.84 Å². The van der Waals surface area contributed by atoms with E-state index in [2.05, 4.69) is 5.16 Å². The number of fused-ring (bicyclic) bond motifs is 1. The Morgan fingerprint density at radius 3 is 2.95 bits per heavy atom. The van der Waals surface area contributed by atoms with Crippen LogP contribution in [0.15, 0.2) is 52.4 Å². The van der Waals surface area contributed by atoms with Gasteiger partial charge < -0.3 is 9.25 Å². The molecular weight excluding hydrogens is 298 g/mol. The lowest BCUT2D eigenvalue weighted by Gasteiger charge is -1.94. The molecular formula is C14H8ClNO3S. The van der Waals surface area contributed by atoms with E-state index in [1.165, 1.54) is 30.1 Å². The number of furan rings is 1. The van der Waals surface area contributed by atoms with E-state index < -0.39 is 5.97 Å². The average molecular weight is 306 g/mol. The number of rotatable bonds is 3. The van der Waals surface area contributed by atoms with Crippen molar-refractivity contribution in [2.24, 2.45) is 5.16 Å². The lowest BCUT2D eigenvalue weighted by molar-refractivity contribution is 0.0525. The Labute approximate surface area is 123 Å². The molecule has 0 amide bonds. The third-order valence-electron chi connectivity index (χ3n) is 2.60. The van der Waals surface area contributed by atoms with Crippen molar-refractivity contribution in [1.29, 1.82) is 0 Å². The van der Waals surface area contributed by atoms with Gasteiger partial charge in [0.1, 0.15) is 4.88 Å². The number of oxime groups is 1. The molecule has 0 spiro atoms. The van der Waals surface area contributed by atoms with Gasteiger partial charge in [-0.05, 0) is 12.1 Å². The number of carbonyl (C=O) groups excluding carboxylic acids is 1. The molecule has 0 saturated carbocycles. The van der Waals surface area contributed by atoms with Crippen molar-refractivity contribution < 1.29 is 14.0 Å². The zero-order chi connectivity index (χ0) is 13.9. The second kappa shape index (κ2) is 5.48. The van der Waals surface area contributed by atoms with Crippen LogP contribution in [0.4, 0.5) is 0 Å². The highest BCUT2D eigenvalue weighted by Gasteiger charge is 2.18. The zero-order valence-corrected chi connectivity index (χ0v) is 11.6. The predicted molar refractivity (Wildman–Crippen MR) is 78.6 cm³/mol. The van der Waals surface area contributed by atoms with Crippen LogP contribution in [0.3, 0.4) is 0 Å². The molecule has 3 rings (SSSR count). The van der Waals surface area contributed by atoms with Gasteiger partial charge in [-0.25, -0.2) is 4.79 Å². The summed E-state index contributed by atoms with van der Waals surface area (Å²) < 4.78 is 5.80. The third kappa shape index (κ3) is 2.45. The number of benzene rings is 1. The van der Waals surface area contributed by atoms with E-state index >= 15 is 0 Å². The Bertz CT molecular complexity index is 777. The molecule has 2 heterocycles. The molecule has 2 aromatic heterocycles. The number of nitrogens with zero attached hydrogens (tertiary/aromatic N) is 1. The highest BCUT2D eigenvalue weighted by atomic mass is 35.5. The highest BCUT2D eigenvalue weighted by Crippen LogP contribution is 2.35. The Hall–Kier alpha value is -2.11. The van der Waals surface area contributed by atoms with Crippen molar-refractivity contribution >= 4 is 45.2 Å². The van der Waals surface area contributed by atoms with Crippen LogP contribution in [0, 0.1) is 0 Å². The van der Waals surface area contributed by atoms with Gasteiger partial charge in [0.25, 0.3) is 0 Å². The molecule has 0 fully saturated rings. The molecule has 0 saturated heterocycles. The molecule has 6 heteroatoms. The van der Waals surface area contributed by atoms with Crippen molar-refractivity contribution in [2.75, 3.05) is 0 Å². The van der Waals surface area contributed by atoms with E-state index in [-0.39, 0.29) is 0 Å². The molecule has 0 aliphatic rings. The summed E-state index contributed by atoms with van der Waals surface area (Å²) >= 11 is 7.45.